The number of pyridine rings is 1. The normalized spacial score (nSPS) is 15.8. The van der Waals surface area contributed by atoms with Crippen molar-refractivity contribution in [2.24, 2.45) is 4.99 Å². The summed E-state index contributed by atoms with van der Waals surface area (Å²) in [6.07, 6.45) is 13.1. The number of rotatable bonds is 9. The zero-order chi connectivity index (χ0) is 23.0. The van der Waals surface area contributed by atoms with E-state index in [0.717, 1.165) is 41.0 Å². The molecule has 4 nitrogen and oxygen atoms in total. The fourth-order valence-electron chi connectivity index (χ4n) is 4.66. The number of aliphatic imine (C=N–C) groups is 1. The molecule has 0 amide bonds. The van der Waals surface area contributed by atoms with Gasteiger partial charge in [-0.2, -0.15) is 0 Å². The summed E-state index contributed by atoms with van der Waals surface area (Å²) in [5.74, 6) is 0. The molecule has 2 aromatic heterocycles. The molecule has 0 atom stereocenters. The lowest BCUT2D eigenvalue weighted by Crippen LogP contribution is -2.30. The predicted molar refractivity (Wildman–Crippen MR) is 141 cm³/mol. The zero-order valence-corrected chi connectivity index (χ0v) is 20.1. The Morgan fingerprint density at radius 2 is 1.91 bits per heavy atom. The minimum absolute atomic E-state index is 0.885. The highest BCUT2D eigenvalue weighted by Gasteiger charge is 2.12. The monoisotopic (exact) mass is 440 g/mol. The Morgan fingerprint density at radius 1 is 1.12 bits per heavy atom. The second-order valence-electron chi connectivity index (χ2n) is 8.97. The number of hydrogen-bond acceptors (Lipinski definition) is 3. The summed E-state index contributed by atoms with van der Waals surface area (Å²) in [5, 5.41) is 1.23. The maximum absolute atomic E-state index is 4.53. The Hall–Kier alpha value is -2.98. The van der Waals surface area contributed by atoms with E-state index in [1.54, 1.807) is 12.4 Å². The van der Waals surface area contributed by atoms with Crippen LogP contribution in [-0.2, 0) is 6.42 Å². The number of nitrogens with one attached hydrogen (secondary N) is 1. The highest BCUT2D eigenvalue weighted by atomic mass is 15.1. The summed E-state index contributed by atoms with van der Waals surface area (Å²) < 4.78 is 0. The van der Waals surface area contributed by atoms with E-state index in [4.69, 9.17) is 0 Å². The lowest BCUT2D eigenvalue weighted by atomic mass is 9.98. The third kappa shape index (κ3) is 5.88. The molecule has 0 saturated carbocycles. The molecule has 0 aliphatic carbocycles. The maximum atomic E-state index is 4.53. The number of hydrogen-bond donors (Lipinski definition) is 1. The van der Waals surface area contributed by atoms with Crippen LogP contribution >= 0.6 is 0 Å². The number of piperidine rings is 1. The second kappa shape index (κ2) is 11.2. The lowest BCUT2D eigenvalue weighted by molar-refractivity contribution is 0.226. The predicted octanol–water partition coefficient (Wildman–Crippen LogP) is 6.45. The molecule has 0 unspecified atom stereocenters. The molecule has 0 radical (unpaired) electrons. The molecule has 1 aliphatic rings. The van der Waals surface area contributed by atoms with Crippen LogP contribution in [0.2, 0.25) is 0 Å². The fourth-order valence-corrected chi connectivity index (χ4v) is 4.66. The van der Waals surface area contributed by atoms with Crippen molar-refractivity contribution >= 4 is 22.2 Å². The van der Waals surface area contributed by atoms with E-state index in [2.05, 4.69) is 63.7 Å². The molecule has 4 rings (SSSR count). The minimum atomic E-state index is 0.885. The van der Waals surface area contributed by atoms with Gasteiger partial charge >= 0.3 is 0 Å². The summed E-state index contributed by atoms with van der Waals surface area (Å²) in [7, 11) is 1.83. The molecule has 1 aromatic carbocycles. The van der Waals surface area contributed by atoms with Gasteiger partial charge in [-0.25, -0.2) is 0 Å². The number of benzene rings is 1. The van der Waals surface area contributed by atoms with Crippen LogP contribution in [0.15, 0.2) is 72.0 Å². The number of allylic oxidation sites excluding steroid dienone is 3. The highest BCUT2D eigenvalue weighted by molar-refractivity contribution is 6.13. The standard InChI is InChI=1S/C29H36N4/c1-4-22(2)26(21-27(30-3)24-12-14-31-15-13-24)29-20-25-11-10-23(19-28(25)32-29)9-8-18-33-16-6-5-7-17-33/h10-15,19-21,32H,2,4-9,16-18H2,1,3H3/b26-21+,30-27?. The average molecular weight is 441 g/mol. The fraction of sp³-hybridized carbons (Fsp3) is 0.379. The first-order valence-corrected chi connectivity index (χ1v) is 12.3. The van der Waals surface area contributed by atoms with Gasteiger partial charge in [0.05, 0.1) is 5.71 Å². The molecule has 33 heavy (non-hydrogen) atoms. The van der Waals surface area contributed by atoms with Crippen LogP contribution < -0.4 is 0 Å². The van der Waals surface area contributed by atoms with Gasteiger partial charge in [0, 0.05) is 47.2 Å². The third-order valence-electron chi connectivity index (χ3n) is 6.67. The smallest absolute Gasteiger partial charge is 0.0651 e. The number of aromatic nitrogens is 2. The Kier molecular flexibility index (Phi) is 7.90. The summed E-state index contributed by atoms with van der Waals surface area (Å²) in [4.78, 5) is 15.0. The molecule has 172 valence electrons. The van der Waals surface area contributed by atoms with Crippen LogP contribution in [0.5, 0.6) is 0 Å². The summed E-state index contributed by atoms with van der Waals surface area (Å²) in [6.45, 7) is 10.3. The van der Waals surface area contributed by atoms with Gasteiger partial charge in [0.25, 0.3) is 0 Å². The maximum Gasteiger partial charge on any atom is 0.0651 e. The largest absolute Gasteiger partial charge is 0.355 e. The molecule has 0 bridgehead atoms. The number of H-pyrrole nitrogens is 1. The molecular weight excluding hydrogens is 404 g/mol. The van der Waals surface area contributed by atoms with Gasteiger partial charge in [0.15, 0.2) is 0 Å². The molecule has 1 saturated heterocycles. The third-order valence-corrected chi connectivity index (χ3v) is 6.67. The van der Waals surface area contributed by atoms with Gasteiger partial charge in [0.2, 0.25) is 0 Å². The van der Waals surface area contributed by atoms with Crippen LogP contribution in [0.3, 0.4) is 0 Å². The first-order valence-electron chi connectivity index (χ1n) is 12.3. The van der Waals surface area contributed by atoms with E-state index in [1.807, 2.05) is 19.2 Å². The molecule has 3 aromatic rings. The molecule has 1 aliphatic heterocycles. The van der Waals surface area contributed by atoms with Crippen LogP contribution in [0.4, 0.5) is 0 Å². The quantitative estimate of drug-likeness (QED) is 0.307. The van der Waals surface area contributed by atoms with E-state index < -0.39 is 0 Å². The van der Waals surface area contributed by atoms with E-state index in [-0.39, 0.29) is 0 Å². The Morgan fingerprint density at radius 3 is 2.64 bits per heavy atom. The van der Waals surface area contributed by atoms with Crippen LogP contribution in [0.25, 0.3) is 16.5 Å². The van der Waals surface area contributed by atoms with Crippen LogP contribution in [-0.4, -0.2) is 47.3 Å². The molecular formula is C29H36N4. The van der Waals surface area contributed by atoms with Crippen molar-refractivity contribution in [2.45, 2.75) is 45.4 Å². The van der Waals surface area contributed by atoms with Crippen molar-refractivity contribution < 1.29 is 0 Å². The number of aromatic amines is 1. The molecule has 1 fully saturated rings. The Balaban J connectivity index is 1.55. The van der Waals surface area contributed by atoms with E-state index in [0.29, 0.717) is 0 Å². The first kappa shape index (κ1) is 23.2. The SMILES string of the molecule is C=C(CC)/C(=C\C(=NC)c1ccncc1)c1cc2ccc(CCCN3CCCCC3)cc2[nH]1. The Bertz CT molecular complexity index is 1130. The first-order chi connectivity index (χ1) is 16.2. The molecule has 1 N–H and O–H groups in total. The highest BCUT2D eigenvalue weighted by Crippen LogP contribution is 2.28. The van der Waals surface area contributed by atoms with Crippen molar-refractivity contribution in [3.8, 4) is 0 Å². The minimum Gasteiger partial charge on any atom is -0.355 e. The Labute approximate surface area is 198 Å². The zero-order valence-electron chi connectivity index (χ0n) is 20.1. The topological polar surface area (TPSA) is 44.3 Å². The van der Waals surface area contributed by atoms with Gasteiger partial charge in [-0.3, -0.25) is 9.98 Å². The van der Waals surface area contributed by atoms with Crippen molar-refractivity contribution in [1.82, 2.24) is 14.9 Å². The van der Waals surface area contributed by atoms with E-state index in [9.17, 15) is 0 Å². The second-order valence-corrected chi connectivity index (χ2v) is 8.97. The number of fused-ring (bicyclic) bond motifs is 1. The number of nitrogens with zero attached hydrogens (tertiary/aromatic N) is 3. The van der Waals surface area contributed by atoms with Crippen molar-refractivity contribution in [3.05, 3.63) is 83.8 Å². The van der Waals surface area contributed by atoms with E-state index >= 15 is 0 Å². The van der Waals surface area contributed by atoms with Crippen LogP contribution in [0.1, 0.15) is 55.8 Å². The molecule has 0 spiro atoms. The molecule has 4 heteroatoms. The van der Waals surface area contributed by atoms with Crippen LogP contribution in [0, 0.1) is 0 Å². The van der Waals surface area contributed by atoms with Gasteiger partial charge in [0.1, 0.15) is 0 Å². The van der Waals surface area contributed by atoms with Gasteiger partial charge in [-0.1, -0.05) is 32.1 Å². The van der Waals surface area contributed by atoms with Crippen molar-refractivity contribution in [2.75, 3.05) is 26.7 Å². The van der Waals surface area contributed by atoms with Gasteiger partial charge in [-0.05, 0) is 93.2 Å². The van der Waals surface area contributed by atoms with Gasteiger partial charge in [-0.15, -0.1) is 0 Å². The summed E-state index contributed by atoms with van der Waals surface area (Å²) in [5.41, 5.74) is 7.88. The summed E-state index contributed by atoms with van der Waals surface area (Å²) in [6, 6.07) is 13.1. The van der Waals surface area contributed by atoms with Gasteiger partial charge < -0.3 is 9.88 Å². The van der Waals surface area contributed by atoms with Crippen molar-refractivity contribution in [3.63, 3.8) is 0 Å². The average Bonchev–Trinajstić information content (AvgIpc) is 3.28. The molecule has 3 heterocycles. The van der Waals surface area contributed by atoms with E-state index in [1.165, 1.54) is 61.8 Å². The summed E-state index contributed by atoms with van der Waals surface area (Å²) >= 11 is 0. The number of likely N-dealkylation sites (tertiary alicyclic amines) is 1. The number of aryl methyl sites for hydroxylation is 1. The lowest BCUT2D eigenvalue weighted by Gasteiger charge is -2.26. The van der Waals surface area contributed by atoms with Crippen molar-refractivity contribution in [1.29, 1.82) is 0 Å².